The summed E-state index contributed by atoms with van der Waals surface area (Å²) in [7, 11) is 0. The summed E-state index contributed by atoms with van der Waals surface area (Å²) in [4.78, 5) is 60.9. The van der Waals surface area contributed by atoms with E-state index >= 15 is 0 Å². The van der Waals surface area contributed by atoms with E-state index < -0.39 is 11.8 Å². The van der Waals surface area contributed by atoms with Crippen molar-refractivity contribution in [1.29, 1.82) is 10.8 Å². The maximum atomic E-state index is 12.9. The highest BCUT2D eigenvalue weighted by molar-refractivity contribution is 6.30. The van der Waals surface area contributed by atoms with Crippen molar-refractivity contribution in [2.75, 3.05) is 34.4 Å². The van der Waals surface area contributed by atoms with Crippen molar-refractivity contribution in [3.63, 3.8) is 0 Å². The van der Waals surface area contributed by atoms with Gasteiger partial charge in [-0.3, -0.25) is 30.0 Å². The van der Waals surface area contributed by atoms with E-state index in [4.69, 9.17) is 39.8 Å². The van der Waals surface area contributed by atoms with Crippen molar-refractivity contribution in [2.24, 2.45) is 5.73 Å². The Bertz CT molecular complexity index is 2560. The molecule has 1 saturated heterocycles. The molecule has 1 aliphatic heterocycles. The molecule has 0 atom stereocenters. The third-order valence-corrected chi connectivity index (χ3v) is 10.0. The lowest BCUT2D eigenvalue weighted by molar-refractivity contribution is 0.101. The number of hydrogen-bond donors (Lipinski definition) is 7. The summed E-state index contributed by atoms with van der Waals surface area (Å²) in [6, 6.07) is 33.1. The quantitative estimate of drug-likeness (QED) is 0.0519. The van der Waals surface area contributed by atoms with Gasteiger partial charge in [0.25, 0.3) is 23.6 Å². The van der Waals surface area contributed by atoms with E-state index in [-0.39, 0.29) is 23.2 Å². The Morgan fingerprint density at radius 1 is 0.500 bits per heavy atom. The fourth-order valence-corrected chi connectivity index (χ4v) is 6.52. The van der Waals surface area contributed by atoms with Crippen LogP contribution in [0, 0.1) is 10.8 Å². The number of nitrogen functional groups attached to an aromatic ring is 1. The first kappa shape index (κ1) is 44.1. The molecule has 2 aromatic heterocycles. The van der Waals surface area contributed by atoms with Crippen LogP contribution in [-0.4, -0.2) is 63.3 Å². The summed E-state index contributed by atoms with van der Waals surface area (Å²) in [5, 5.41) is 27.8. The Labute approximate surface area is 367 Å². The Morgan fingerprint density at radius 3 is 1.31 bits per heavy atom. The van der Waals surface area contributed by atoms with E-state index in [9.17, 15) is 19.2 Å². The minimum atomic E-state index is -0.419. The van der Waals surface area contributed by atoms with Crippen molar-refractivity contribution in [3.05, 3.63) is 177 Å². The number of pyridine rings is 2. The maximum Gasteiger partial charge on any atom is 0.258 e. The van der Waals surface area contributed by atoms with Crippen LogP contribution in [0.5, 0.6) is 0 Å². The molecule has 62 heavy (non-hydrogen) atoms. The number of nitrogens with two attached hydrogens (primary N) is 1. The van der Waals surface area contributed by atoms with Gasteiger partial charge in [-0.15, -0.1) is 0 Å². The maximum absolute atomic E-state index is 12.9. The van der Waals surface area contributed by atoms with Gasteiger partial charge in [0, 0.05) is 47.7 Å². The van der Waals surface area contributed by atoms with Crippen molar-refractivity contribution in [3.8, 4) is 0 Å². The highest BCUT2D eigenvalue weighted by Crippen LogP contribution is 2.21. The highest BCUT2D eigenvalue weighted by atomic mass is 35.5. The predicted molar refractivity (Wildman–Crippen MR) is 244 cm³/mol. The molecule has 8 N–H and O–H groups in total. The first-order valence-corrected chi connectivity index (χ1v) is 20.3. The molecule has 314 valence electrons. The number of para-hydroxylation sites is 2. The van der Waals surface area contributed by atoms with Crippen LogP contribution in [0.4, 0.5) is 23.0 Å². The second-order valence-corrected chi connectivity index (χ2v) is 14.8. The van der Waals surface area contributed by atoms with Gasteiger partial charge in [-0.2, -0.15) is 0 Å². The Balaban J connectivity index is 0.000000211. The minimum absolute atomic E-state index is 0.0789. The molecule has 14 nitrogen and oxygen atoms in total. The largest absolute Gasteiger partial charge is 0.384 e. The fraction of sp³-hybridized carbons (Fsp3) is 0.130. The number of nitrogens with one attached hydrogen (secondary N) is 6. The summed E-state index contributed by atoms with van der Waals surface area (Å²) in [6.07, 6.45) is 7.49. The Morgan fingerprint density at radius 2 is 0.903 bits per heavy atom. The zero-order valence-electron chi connectivity index (χ0n) is 33.3. The lowest BCUT2D eigenvalue weighted by Crippen LogP contribution is -2.31. The van der Waals surface area contributed by atoms with Gasteiger partial charge in [0.1, 0.15) is 23.3 Å². The SMILES string of the molecule is N=C(N)c1ccc(C(=O)Nc2ccccc2C(=O)Nc2ccc(Cl)cn2)cc1.N=C(c1ccc(C(=O)Nc2ccccc2C(=O)Nc2ccc(Cl)cn2)cc1)N1CCCCCC1. The number of nitrogens with zero attached hydrogens (tertiary/aromatic N) is 3. The summed E-state index contributed by atoms with van der Waals surface area (Å²) >= 11 is 11.6. The average molecular weight is 870 g/mol. The van der Waals surface area contributed by atoms with Crippen LogP contribution in [0.25, 0.3) is 0 Å². The van der Waals surface area contributed by atoms with Gasteiger partial charge in [-0.05, 0) is 85.6 Å². The number of benzene rings is 4. The number of amidine groups is 2. The molecule has 1 fully saturated rings. The molecule has 0 spiro atoms. The van der Waals surface area contributed by atoms with Gasteiger partial charge < -0.3 is 31.9 Å². The lowest BCUT2D eigenvalue weighted by Gasteiger charge is -2.23. The smallest absolute Gasteiger partial charge is 0.258 e. The molecular formula is C46H42Cl2N10O4. The zero-order chi connectivity index (χ0) is 44.0. The van der Waals surface area contributed by atoms with Crippen LogP contribution >= 0.6 is 23.2 Å². The molecule has 16 heteroatoms. The molecule has 1 aliphatic rings. The minimum Gasteiger partial charge on any atom is -0.384 e. The molecular weight excluding hydrogens is 827 g/mol. The Kier molecular flexibility index (Phi) is 15.1. The summed E-state index contributed by atoms with van der Waals surface area (Å²) in [5.41, 5.74) is 8.88. The average Bonchev–Trinajstić information content (AvgIpc) is 3.58. The normalized spacial score (nSPS) is 12.1. The molecule has 0 radical (unpaired) electrons. The van der Waals surface area contributed by atoms with Gasteiger partial charge in [-0.1, -0.05) is 84.6 Å². The number of amides is 4. The monoisotopic (exact) mass is 868 g/mol. The van der Waals surface area contributed by atoms with Crippen molar-refractivity contribution < 1.29 is 19.2 Å². The molecule has 6 aromatic rings. The number of halogens is 2. The first-order valence-electron chi connectivity index (χ1n) is 19.5. The number of anilines is 4. The van der Waals surface area contributed by atoms with Crippen molar-refractivity contribution >= 4 is 81.5 Å². The first-order chi connectivity index (χ1) is 29.9. The van der Waals surface area contributed by atoms with E-state index in [0.717, 1.165) is 31.5 Å². The summed E-state index contributed by atoms with van der Waals surface area (Å²) < 4.78 is 0. The lowest BCUT2D eigenvalue weighted by atomic mass is 10.1. The van der Waals surface area contributed by atoms with Gasteiger partial charge in [0.15, 0.2) is 0 Å². The molecule has 7 rings (SSSR count). The Hall–Kier alpha value is -7.42. The van der Waals surface area contributed by atoms with E-state index in [1.807, 2.05) is 0 Å². The number of carbonyl (C=O) groups excluding carboxylic acids is 4. The number of carbonyl (C=O) groups is 4. The van der Waals surface area contributed by atoms with Crippen LogP contribution in [0.15, 0.2) is 134 Å². The molecule has 4 aromatic carbocycles. The topological polar surface area (TPSA) is 219 Å². The zero-order valence-corrected chi connectivity index (χ0v) is 34.8. The molecule has 0 aliphatic carbocycles. The number of aromatic nitrogens is 2. The van der Waals surface area contributed by atoms with Crippen molar-refractivity contribution in [2.45, 2.75) is 25.7 Å². The number of hydrogen-bond acceptors (Lipinski definition) is 8. The van der Waals surface area contributed by atoms with Gasteiger partial charge in [0.05, 0.1) is 32.5 Å². The van der Waals surface area contributed by atoms with E-state index in [2.05, 4.69) is 36.1 Å². The predicted octanol–water partition coefficient (Wildman–Crippen LogP) is 8.96. The molecule has 0 unspecified atom stereocenters. The van der Waals surface area contributed by atoms with Crippen LogP contribution in [0.1, 0.15) is 78.2 Å². The van der Waals surface area contributed by atoms with E-state index in [0.29, 0.717) is 61.1 Å². The highest BCUT2D eigenvalue weighted by Gasteiger charge is 2.18. The summed E-state index contributed by atoms with van der Waals surface area (Å²) in [5.74, 6) is -0.424. The fourth-order valence-electron chi connectivity index (χ4n) is 6.29. The molecule has 4 amide bonds. The van der Waals surface area contributed by atoms with Gasteiger partial charge in [0.2, 0.25) is 0 Å². The second-order valence-electron chi connectivity index (χ2n) is 13.9. The van der Waals surface area contributed by atoms with Crippen LogP contribution in [0.2, 0.25) is 10.0 Å². The van der Waals surface area contributed by atoms with Gasteiger partial charge >= 0.3 is 0 Å². The van der Waals surface area contributed by atoms with Crippen LogP contribution in [-0.2, 0) is 0 Å². The number of likely N-dealkylation sites (tertiary alicyclic amines) is 1. The van der Waals surface area contributed by atoms with Gasteiger partial charge in [-0.25, -0.2) is 9.97 Å². The summed E-state index contributed by atoms with van der Waals surface area (Å²) in [6.45, 7) is 1.79. The van der Waals surface area contributed by atoms with Crippen LogP contribution in [0.3, 0.4) is 0 Å². The third kappa shape index (κ3) is 12.1. The van der Waals surface area contributed by atoms with Crippen LogP contribution < -0.4 is 27.0 Å². The van der Waals surface area contributed by atoms with Crippen molar-refractivity contribution in [1.82, 2.24) is 14.9 Å². The third-order valence-electron chi connectivity index (χ3n) is 9.58. The molecule has 0 bridgehead atoms. The number of rotatable bonds is 10. The standard InChI is InChI=1S/C26H26ClN5O2.C20H16ClN5O2/c27-20-13-14-23(29-17-20)31-26(34)21-7-3-4-8-22(21)30-25(33)19-11-9-18(10-12-19)24(28)32-15-5-1-2-6-16-32;21-14-9-10-17(24-11-14)26-20(28)15-3-1-2-4-16(15)25-19(27)13-7-5-12(6-8-13)18(22)23/h3-4,7-14,17,28H,1-2,5-6,15-16H2,(H,30,33)(H,29,31,34);1-11H,(H3,22,23)(H,25,27)(H,24,26,28). The van der Waals surface area contributed by atoms with E-state index in [1.54, 1.807) is 121 Å². The second kappa shape index (κ2) is 21.2. The van der Waals surface area contributed by atoms with E-state index in [1.165, 1.54) is 25.2 Å². The molecule has 3 heterocycles. The molecule has 0 saturated carbocycles.